The third-order valence-electron chi connectivity index (χ3n) is 10.1. The molecule has 4 saturated carbocycles. The summed E-state index contributed by atoms with van der Waals surface area (Å²) in [6.45, 7) is 14.0. The van der Waals surface area contributed by atoms with E-state index in [0.717, 1.165) is 42.4 Å². The van der Waals surface area contributed by atoms with E-state index in [-0.39, 0.29) is 0 Å². The van der Waals surface area contributed by atoms with Crippen LogP contribution in [-0.4, -0.2) is 5.78 Å². The second kappa shape index (κ2) is 6.49. The van der Waals surface area contributed by atoms with Gasteiger partial charge in [-0.15, -0.1) is 0 Å². The van der Waals surface area contributed by atoms with Crippen LogP contribution in [0.25, 0.3) is 0 Å². The lowest BCUT2D eigenvalue weighted by molar-refractivity contribution is -0.123. The number of fused-ring (bicyclic) bond motifs is 5. The van der Waals surface area contributed by atoms with Gasteiger partial charge in [0, 0.05) is 12.3 Å². The average molecular weight is 357 g/mol. The van der Waals surface area contributed by atoms with E-state index < -0.39 is 0 Å². The van der Waals surface area contributed by atoms with Crippen LogP contribution < -0.4 is 0 Å². The number of rotatable bonds is 2. The molecular weight excluding hydrogens is 316 g/mol. The van der Waals surface area contributed by atoms with Gasteiger partial charge in [0.2, 0.25) is 0 Å². The molecule has 4 aliphatic carbocycles. The van der Waals surface area contributed by atoms with E-state index in [4.69, 9.17) is 0 Å². The van der Waals surface area contributed by atoms with Crippen molar-refractivity contribution in [2.75, 3.05) is 0 Å². The maximum absolute atomic E-state index is 12.6. The second-order valence-electron chi connectivity index (χ2n) is 11.0. The van der Waals surface area contributed by atoms with Gasteiger partial charge < -0.3 is 0 Å². The first kappa shape index (κ1) is 18.8. The highest BCUT2D eigenvalue weighted by Crippen LogP contribution is 2.67. The number of carbonyl (C=O) groups is 1. The molecule has 4 fully saturated rings. The molecule has 4 rings (SSSR count). The molecule has 0 amide bonds. The summed E-state index contributed by atoms with van der Waals surface area (Å²) in [5.74, 6) is 5.15. The van der Waals surface area contributed by atoms with Gasteiger partial charge in [0.15, 0.2) is 0 Å². The Morgan fingerprint density at radius 1 is 1.04 bits per heavy atom. The topological polar surface area (TPSA) is 17.1 Å². The Hall–Kier alpha value is -0.590. The van der Waals surface area contributed by atoms with E-state index in [9.17, 15) is 4.79 Å². The van der Waals surface area contributed by atoms with Crippen molar-refractivity contribution in [1.82, 2.24) is 0 Å². The highest BCUT2D eigenvalue weighted by molar-refractivity contribution is 5.81. The third kappa shape index (κ3) is 2.59. The van der Waals surface area contributed by atoms with E-state index in [2.05, 4.69) is 34.3 Å². The molecule has 0 saturated heterocycles. The molecule has 0 aromatic carbocycles. The van der Waals surface area contributed by atoms with Crippen molar-refractivity contribution >= 4 is 5.78 Å². The Morgan fingerprint density at radius 2 is 1.77 bits per heavy atom. The monoisotopic (exact) mass is 356 g/mol. The van der Waals surface area contributed by atoms with Crippen molar-refractivity contribution in [2.24, 2.45) is 46.3 Å². The largest absolute Gasteiger partial charge is 0.299 e. The molecule has 8 atom stereocenters. The molecule has 26 heavy (non-hydrogen) atoms. The quantitative estimate of drug-likeness (QED) is 0.496. The predicted octanol–water partition coefficient (Wildman–Crippen LogP) is 6.82. The predicted molar refractivity (Wildman–Crippen MR) is 109 cm³/mol. The Balaban J connectivity index is 1.62. The minimum atomic E-state index is 0.353. The maximum Gasteiger partial charge on any atom is 0.135 e. The molecule has 0 aromatic rings. The number of Topliss-reactive ketones (excluding diaryl/α,β-unsaturated/α-hetero) is 1. The molecule has 146 valence electrons. The first-order valence-corrected chi connectivity index (χ1v) is 11.5. The lowest BCUT2D eigenvalue weighted by atomic mass is 9.46. The number of hydrogen-bond donors (Lipinski definition) is 0. The molecule has 0 bridgehead atoms. The van der Waals surface area contributed by atoms with E-state index in [1.165, 1.54) is 56.9 Å². The fourth-order valence-electron chi connectivity index (χ4n) is 8.59. The highest BCUT2D eigenvalue weighted by atomic mass is 16.1. The Bertz CT molecular complexity index is 591. The van der Waals surface area contributed by atoms with Gasteiger partial charge >= 0.3 is 0 Å². The van der Waals surface area contributed by atoms with Crippen LogP contribution in [0.2, 0.25) is 0 Å². The molecule has 0 aromatic heterocycles. The Morgan fingerprint density at radius 3 is 2.46 bits per heavy atom. The summed E-state index contributed by atoms with van der Waals surface area (Å²) < 4.78 is 0. The SMILES string of the molecule is C=C(C)[C@H]1CC[C@H]2[C@@H]3CC[C@H]4CC(CC)C(=O)CC[C@]4(C)[C@H]3CC[C@]12C. The standard InChI is InChI=1S/C25H40O/c1-6-17-15-18-7-8-19-21-10-9-20(16(2)3)25(21,5)13-11-22(19)24(18,4)14-12-23(17)26/h17-22H,2,6-15H2,1,3-5H3/t17?,18-,19-,20+,21-,22-,24-,25+/m0/s1. The Labute approximate surface area is 161 Å². The zero-order valence-electron chi connectivity index (χ0n) is 17.7. The van der Waals surface area contributed by atoms with E-state index in [0.29, 0.717) is 22.5 Å². The zero-order chi connectivity index (χ0) is 18.7. The third-order valence-corrected chi connectivity index (χ3v) is 10.1. The molecule has 1 heteroatoms. The van der Waals surface area contributed by atoms with Crippen LogP contribution in [0, 0.1) is 46.3 Å². The van der Waals surface area contributed by atoms with E-state index >= 15 is 0 Å². The van der Waals surface area contributed by atoms with Gasteiger partial charge in [-0.1, -0.05) is 32.9 Å². The average Bonchev–Trinajstić information content (AvgIpc) is 2.90. The lowest BCUT2D eigenvalue weighted by Gasteiger charge is -2.59. The number of carbonyl (C=O) groups excluding carboxylic acids is 1. The summed E-state index contributed by atoms with van der Waals surface area (Å²) >= 11 is 0. The summed E-state index contributed by atoms with van der Waals surface area (Å²) in [4.78, 5) is 12.6. The summed E-state index contributed by atoms with van der Waals surface area (Å²) in [5, 5.41) is 0. The molecular formula is C25H40O. The summed E-state index contributed by atoms with van der Waals surface area (Å²) in [6, 6.07) is 0. The highest BCUT2D eigenvalue weighted by Gasteiger charge is 2.59. The summed E-state index contributed by atoms with van der Waals surface area (Å²) in [5.41, 5.74) is 2.35. The fourth-order valence-corrected chi connectivity index (χ4v) is 8.59. The maximum atomic E-state index is 12.6. The van der Waals surface area contributed by atoms with Crippen LogP contribution in [0.5, 0.6) is 0 Å². The second-order valence-corrected chi connectivity index (χ2v) is 11.0. The van der Waals surface area contributed by atoms with Crippen LogP contribution in [-0.2, 0) is 4.79 Å². The first-order valence-electron chi connectivity index (χ1n) is 11.5. The van der Waals surface area contributed by atoms with Crippen molar-refractivity contribution in [2.45, 2.75) is 91.9 Å². The summed E-state index contributed by atoms with van der Waals surface area (Å²) in [7, 11) is 0. The van der Waals surface area contributed by atoms with Crippen LogP contribution in [0.3, 0.4) is 0 Å². The van der Waals surface area contributed by atoms with Crippen LogP contribution in [0.1, 0.15) is 91.9 Å². The lowest BCUT2D eigenvalue weighted by Crippen LogP contribution is -2.51. The van der Waals surface area contributed by atoms with Crippen molar-refractivity contribution in [3.63, 3.8) is 0 Å². The van der Waals surface area contributed by atoms with Crippen LogP contribution in [0.4, 0.5) is 0 Å². The van der Waals surface area contributed by atoms with E-state index in [1.54, 1.807) is 0 Å². The van der Waals surface area contributed by atoms with Crippen LogP contribution in [0.15, 0.2) is 12.2 Å². The summed E-state index contributed by atoms with van der Waals surface area (Å²) in [6.07, 6.45) is 12.7. The van der Waals surface area contributed by atoms with Gasteiger partial charge in [-0.2, -0.15) is 0 Å². The molecule has 1 unspecified atom stereocenters. The molecule has 0 N–H and O–H groups in total. The van der Waals surface area contributed by atoms with Crippen molar-refractivity contribution in [1.29, 1.82) is 0 Å². The minimum absolute atomic E-state index is 0.353. The van der Waals surface area contributed by atoms with E-state index in [1.807, 2.05) is 0 Å². The van der Waals surface area contributed by atoms with Gasteiger partial charge in [-0.25, -0.2) is 0 Å². The first-order chi connectivity index (χ1) is 12.3. The van der Waals surface area contributed by atoms with Crippen molar-refractivity contribution in [3.05, 3.63) is 12.2 Å². The number of ketones is 1. The van der Waals surface area contributed by atoms with Gasteiger partial charge in [-0.3, -0.25) is 4.79 Å². The molecule has 1 nitrogen and oxygen atoms in total. The number of hydrogen-bond acceptors (Lipinski definition) is 1. The fraction of sp³-hybridized carbons (Fsp3) is 0.880. The van der Waals surface area contributed by atoms with Gasteiger partial charge in [0.25, 0.3) is 0 Å². The van der Waals surface area contributed by atoms with Gasteiger partial charge in [-0.05, 0) is 105 Å². The van der Waals surface area contributed by atoms with Gasteiger partial charge in [0.05, 0.1) is 0 Å². The smallest absolute Gasteiger partial charge is 0.135 e. The molecule has 4 aliphatic rings. The molecule has 0 heterocycles. The van der Waals surface area contributed by atoms with Gasteiger partial charge in [0.1, 0.15) is 5.78 Å². The molecule has 0 radical (unpaired) electrons. The normalized spacial score (nSPS) is 51.2. The molecule has 0 aliphatic heterocycles. The van der Waals surface area contributed by atoms with Crippen molar-refractivity contribution in [3.8, 4) is 0 Å². The van der Waals surface area contributed by atoms with Crippen molar-refractivity contribution < 1.29 is 4.79 Å². The minimum Gasteiger partial charge on any atom is -0.299 e. The molecule has 0 spiro atoms. The number of allylic oxidation sites excluding steroid dienone is 1. The zero-order valence-corrected chi connectivity index (χ0v) is 17.7. The Kier molecular flexibility index (Phi) is 4.68. The van der Waals surface area contributed by atoms with Crippen LogP contribution >= 0.6 is 0 Å².